The summed E-state index contributed by atoms with van der Waals surface area (Å²) in [5.41, 5.74) is -1.07. The van der Waals surface area contributed by atoms with E-state index in [0.29, 0.717) is 12.8 Å². The van der Waals surface area contributed by atoms with Crippen molar-refractivity contribution in [2.24, 2.45) is 0 Å². The first-order valence-electron chi connectivity index (χ1n) is 5.91. The molecule has 0 aliphatic rings. The zero-order chi connectivity index (χ0) is 14.7. The van der Waals surface area contributed by atoms with E-state index in [-0.39, 0.29) is 15.9 Å². The van der Waals surface area contributed by atoms with Gasteiger partial charge in [0.25, 0.3) is 0 Å². The van der Waals surface area contributed by atoms with Crippen LogP contribution in [0.4, 0.5) is 4.39 Å². The minimum atomic E-state index is -3.78. The van der Waals surface area contributed by atoms with Gasteiger partial charge in [-0.25, -0.2) is 17.5 Å². The molecule has 0 amide bonds. The van der Waals surface area contributed by atoms with E-state index in [0.717, 1.165) is 12.1 Å². The van der Waals surface area contributed by atoms with E-state index in [4.69, 9.17) is 0 Å². The molecule has 0 heterocycles. The molecule has 1 aromatic carbocycles. The summed E-state index contributed by atoms with van der Waals surface area (Å²) >= 11 is 3.02. The van der Waals surface area contributed by atoms with E-state index in [1.165, 1.54) is 6.07 Å². The van der Waals surface area contributed by atoms with Crippen LogP contribution < -0.4 is 4.72 Å². The number of benzene rings is 1. The van der Waals surface area contributed by atoms with Gasteiger partial charge in [-0.05, 0) is 47.0 Å². The zero-order valence-corrected chi connectivity index (χ0v) is 13.2. The predicted molar refractivity (Wildman–Crippen MR) is 74.8 cm³/mol. The number of halogens is 2. The van der Waals surface area contributed by atoms with Crippen LogP contribution in [0.1, 0.15) is 26.7 Å². The van der Waals surface area contributed by atoms with Crippen LogP contribution in [0.3, 0.4) is 0 Å². The lowest BCUT2D eigenvalue weighted by Gasteiger charge is -2.25. The third-order valence-electron chi connectivity index (χ3n) is 3.09. The first kappa shape index (κ1) is 16.6. The van der Waals surface area contributed by atoms with Gasteiger partial charge >= 0.3 is 0 Å². The number of hydrogen-bond donors (Lipinski definition) is 2. The molecule has 108 valence electrons. The number of hydrogen-bond acceptors (Lipinski definition) is 3. The van der Waals surface area contributed by atoms with E-state index < -0.39 is 21.4 Å². The molecule has 0 aliphatic carbocycles. The zero-order valence-electron chi connectivity index (χ0n) is 10.8. The maximum absolute atomic E-state index is 12.9. The highest BCUT2D eigenvalue weighted by Crippen LogP contribution is 2.23. The standard InChI is InChI=1S/C12H17BrFNO3S/c1-3-12(16,4-2)8-15-19(17,18)11-6-5-9(14)7-10(11)13/h5-7,15-16H,3-4,8H2,1-2H3. The Kier molecular flexibility index (Phi) is 5.49. The Morgan fingerprint density at radius 3 is 2.42 bits per heavy atom. The van der Waals surface area contributed by atoms with E-state index >= 15 is 0 Å². The van der Waals surface area contributed by atoms with Gasteiger partial charge in [-0.1, -0.05) is 13.8 Å². The van der Waals surface area contributed by atoms with Crippen LogP contribution in [0.15, 0.2) is 27.6 Å². The van der Waals surface area contributed by atoms with Crippen molar-refractivity contribution in [2.45, 2.75) is 37.2 Å². The third kappa shape index (κ3) is 4.24. The summed E-state index contributed by atoms with van der Waals surface area (Å²) in [6, 6.07) is 3.34. The highest BCUT2D eigenvalue weighted by Gasteiger charge is 2.26. The molecule has 0 saturated carbocycles. The molecule has 0 aromatic heterocycles. The Morgan fingerprint density at radius 1 is 1.37 bits per heavy atom. The SMILES string of the molecule is CCC(O)(CC)CNS(=O)(=O)c1ccc(F)cc1Br. The molecule has 0 radical (unpaired) electrons. The summed E-state index contributed by atoms with van der Waals surface area (Å²) in [6.07, 6.45) is 0.882. The summed E-state index contributed by atoms with van der Waals surface area (Å²) in [5.74, 6) is -0.524. The molecule has 19 heavy (non-hydrogen) atoms. The van der Waals surface area contributed by atoms with Gasteiger partial charge in [-0.2, -0.15) is 0 Å². The molecule has 0 aliphatic heterocycles. The normalized spacial score (nSPS) is 12.7. The Labute approximate surface area is 121 Å². The van der Waals surface area contributed by atoms with E-state index in [2.05, 4.69) is 20.7 Å². The van der Waals surface area contributed by atoms with Gasteiger partial charge in [-0.3, -0.25) is 0 Å². The van der Waals surface area contributed by atoms with Crippen LogP contribution in [0.2, 0.25) is 0 Å². The van der Waals surface area contributed by atoms with Crippen molar-refractivity contribution in [3.05, 3.63) is 28.5 Å². The van der Waals surface area contributed by atoms with Gasteiger partial charge in [-0.15, -0.1) is 0 Å². The van der Waals surface area contributed by atoms with Crippen molar-refractivity contribution in [1.82, 2.24) is 4.72 Å². The second-order valence-electron chi connectivity index (χ2n) is 4.33. The van der Waals surface area contributed by atoms with Gasteiger partial charge in [0.2, 0.25) is 10.0 Å². The Bertz CT molecular complexity index is 544. The molecule has 0 atom stereocenters. The molecular formula is C12H17BrFNO3S. The lowest BCUT2D eigenvalue weighted by atomic mass is 9.98. The smallest absolute Gasteiger partial charge is 0.241 e. The van der Waals surface area contributed by atoms with Crippen LogP contribution in [0, 0.1) is 5.82 Å². The first-order valence-corrected chi connectivity index (χ1v) is 8.19. The fourth-order valence-electron chi connectivity index (χ4n) is 1.50. The fraction of sp³-hybridized carbons (Fsp3) is 0.500. The summed E-state index contributed by atoms with van der Waals surface area (Å²) < 4.78 is 39.6. The van der Waals surface area contributed by atoms with Gasteiger partial charge in [0, 0.05) is 11.0 Å². The van der Waals surface area contributed by atoms with E-state index in [9.17, 15) is 17.9 Å². The Balaban J connectivity index is 2.93. The van der Waals surface area contributed by atoms with Crippen molar-refractivity contribution in [3.8, 4) is 0 Å². The van der Waals surface area contributed by atoms with Crippen LogP contribution in [-0.4, -0.2) is 25.7 Å². The number of nitrogens with one attached hydrogen (secondary N) is 1. The molecule has 4 nitrogen and oxygen atoms in total. The number of sulfonamides is 1. The predicted octanol–water partition coefficient (Wildman–Crippen LogP) is 2.42. The molecule has 0 spiro atoms. The molecule has 7 heteroatoms. The van der Waals surface area contributed by atoms with Crippen molar-refractivity contribution < 1.29 is 17.9 Å². The minimum Gasteiger partial charge on any atom is -0.389 e. The molecule has 0 unspecified atom stereocenters. The maximum Gasteiger partial charge on any atom is 0.241 e. The fourth-order valence-corrected chi connectivity index (χ4v) is 3.67. The topological polar surface area (TPSA) is 66.4 Å². The monoisotopic (exact) mass is 353 g/mol. The van der Waals surface area contributed by atoms with Gasteiger partial charge in [0.05, 0.1) is 10.5 Å². The molecular weight excluding hydrogens is 337 g/mol. The summed E-state index contributed by atoms with van der Waals surface area (Å²) in [5, 5.41) is 10.1. The van der Waals surface area contributed by atoms with Crippen LogP contribution in [0.5, 0.6) is 0 Å². The quantitative estimate of drug-likeness (QED) is 0.825. The molecule has 1 rings (SSSR count). The van der Waals surface area contributed by atoms with Crippen molar-refractivity contribution in [2.75, 3.05) is 6.54 Å². The summed E-state index contributed by atoms with van der Waals surface area (Å²) in [7, 11) is -3.78. The van der Waals surface area contributed by atoms with Crippen molar-refractivity contribution in [3.63, 3.8) is 0 Å². The third-order valence-corrected chi connectivity index (χ3v) is 5.47. The highest BCUT2D eigenvalue weighted by atomic mass is 79.9. The lowest BCUT2D eigenvalue weighted by molar-refractivity contribution is 0.0377. The Morgan fingerprint density at radius 2 is 1.95 bits per heavy atom. The maximum atomic E-state index is 12.9. The second kappa shape index (κ2) is 6.30. The first-order chi connectivity index (χ1) is 8.74. The largest absolute Gasteiger partial charge is 0.389 e. The summed E-state index contributed by atoms with van der Waals surface area (Å²) in [6.45, 7) is 3.49. The van der Waals surface area contributed by atoms with Crippen LogP contribution >= 0.6 is 15.9 Å². The number of rotatable bonds is 6. The van der Waals surface area contributed by atoms with Gasteiger partial charge in [0.1, 0.15) is 5.82 Å². The lowest BCUT2D eigenvalue weighted by Crippen LogP contribution is -2.42. The van der Waals surface area contributed by atoms with E-state index in [1.807, 2.05) is 0 Å². The minimum absolute atomic E-state index is 0.0524. The molecule has 0 saturated heterocycles. The van der Waals surface area contributed by atoms with Crippen LogP contribution in [-0.2, 0) is 10.0 Å². The van der Waals surface area contributed by atoms with Crippen LogP contribution in [0.25, 0.3) is 0 Å². The van der Waals surface area contributed by atoms with Gasteiger partial charge in [0.15, 0.2) is 0 Å². The number of aliphatic hydroxyl groups is 1. The van der Waals surface area contributed by atoms with Gasteiger partial charge < -0.3 is 5.11 Å². The average Bonchev–Trinajstić information content (AvgIpc) is 2.35. The van der Waals surface area contributed by atoms with Crippen molar-refractivity contribution in [1.29, 1.82) is 0 Å². The van der Waals surface area contributed by atoms with Crippen molar-refractivity contribution >= 4 is 26.0 Å². The Hall–Kier alpha value is -0.500. The average molecular weight is 354 g/mol. The van der Waals surface area contributed by atoms with E-state index in [1.54, 1.807) is 13.8 Å². The molecule has 0 fully saturated rings. The highest BCUT2D eigenvalue weighted by molar-refractivity contribution is 9.10. The molecule has 2 N–H and O–H groups in total. The summed E-state index contributed by atoms with van der Waals surface area (Å²) in [4.78, 5) is -0.0524. The second-order valence-corrected chi connectivity index (χ2v) is 6.92. The molecule has 1 aromatic rings. The molecule has 0 bridgehead atoms.